The molecule has 4 heteroatoms. The predicted molar refractivity (Wildman–Crippen MR) is 68.5 cm³/mol. The number of hydrogen-bond donors (Lipinski definition) is 2. The molecule has 1 aromatic carbocycles. The van der Waals surface area contributed by atoms with E-state index in [0.717, 1.165) is 15.0 Å². The molecule has 0 saturated carbocycles. The first-order valence-corrected chi connectivity index (χ1v) is 6.19. The second-order valence-corrected chi connectivity index (χ2v) is 5.48. The monoisotopic (exact) mass is 250 g/mol. The predicted octanol–water partition coefficient (Wildman–Crippen LogP) is 2.84. The summed E-state index contributed by atoms with van der Waals surface area (Å²) in [5.41, 5.74) is -1.74. The van der Waals surface area contributed by atoms with Crippen LogP contribution in [0.15, 0.2) is 30.3 Å². The van der Waals surface area contributed by atoms with Crippen LogP contribution < -0.4 is 0 Å². The molecule has 1 heterocycles. The Hall–Kier alpha value is -1.39. The lowest BCUT2D eigenvalue weighted by Gasteiger charge is -2.24. The summed E-state index contributed by atoms with van der Waals surface area (Å²) in [6, 6.07) is 9.81. The topological polar surface area (TPSA) is 57.5 Å². The summed E-state index contributed by atoms with van der Waals surface area (Å²) in [7, 11) is 0. The van der Waals surface area contributed by atoms with Crippen LogP contribution in [-0.2, 0) is 4.79 Å². The number of fused-ring (bicyclic) bond motifs is 1. The average Bonchev–Trinajstić information content (AvgIpc) is 2.70. The largest absolute Gasteiger partial charge is 0.479 e. The van der Waals surface area contributed by atoms with Crippen LogP contribution in [0.5, 0.6) is 0 Å². The van der Waals surface area contributed by atoms with Gasteiger partial charge in [0.1, 0.15) is 0 Å². The molecule has 2 rings (SSSR count). The van der Waals surface area contributed by atoms with Crippen LogP contribution in [0.4, 0.5) is 0 Å². The summed E-state index contributed by atoms with van der Waals surface area (Å²) in [6.07, 6.45) is 0. The molecule has 0 fully saturated rings. The summed E-state index contributed by atoms with van der Waals surface area (Å²) in [5.74, 6) is -1.63. The van der Waals surface area contributed by atoms with Gasteiger partial charge in [0.15, 0.2) is 5.60 Å². The molecule has 2 unspecified atom stereocenters. The fourth-order valence-corrected chi connectivity index (χ4v) is 2.92. The standard InChI is InChI=1S/C13H14O3S/c1-8(13(2,16)12(14)15)11-7-9-5-3-4-6-10(9)17-11/h3-8,16H,1-2H3,(H,14,15). The van der Waals surface area contributed by atoms with E-state index in [1.54, 1.807) is 6.92 Å². The maximum absolute atomic E-state index is 11.0. The molecule has 0 spiro atoms. The van der Waals surface area contributed by atoms with Crippen molar-refractivity contribution in [3.63, 3.8) is 0 Å². The molecule has 0 aliphatic carbocycles. The molecule has 0 aliphatic heterocycles. The highest BCUT2D eigenvalue weighted by Gasteiger charge is 2.38. The maximum Gasteiger partial charge on any atom is 0.336 e. The second kappa shape index (κ2) is 4.13. The smallest absolute Gasteiger partial charge is 0.336 e. The van der Waals surface area contributed by atoms with Crippen molar-refractivity contribution in [3.05, 3.63) is 35.2 Å². The third-order valence-corrected chi connectivity index (χ3v) is 4.45. The first-order chi connectivity index (χ1) is 7.93. The van der Waals surface area contributed by atoms with E-state index >= 15 is 0 Å². The summed E-state index contributed by atoms with van der Waals surface area (Å²) in [5, 5.41) is 20.0. The maximum atomic E-state index is 11.0. The van der Waals surface area contributed by atoms with Crippen molar-refractivity contribution in [2.24, 2.45) is 0 Å². The molecule has 0 radical (unpaired) electrons. The molecule has 17 heavy (non-hydrogen) atoms. The number of hydrogen-bond acceptors (Lipinski definition) is 3. The molecule has 0 saturated heterocycles. The second-order valence-electron chi connectivity index (χ2n) is 4.36. The van der Waals surface area contributed by atoms with Crippen molar-refractivity contribution in [2.45, 2.75) is 25.4 Å². The van der Waals surface area contributed by atoms with E-state index in [-0.39, 0.29) is 0 Å². The number of carboxylic acid groups (broad SMARTS) is 1. The van der Waals surface area contributed by atoms with Gasteiger partial charge >= 0.3 is 5.97 Å². The van der Waals surface area contributed by atoms with Crippen LogP contribution in [0.1, 0.15) is 24.6 Å². The van der Waals surface area contributed by atoms with Crippen molar-refractivity contribution < 1.29 is 15.0 Å². The Morgan fingerprint density at radius 3 is 2.65 bits per heavy atom. The van der Waals surface area contributed by atoms with Gasteiger partial charge in [0, 0.05) is 15.5 Å². The Balaban J connectivity index is 2.43. The van der Waals surface area contributed by atoms with Gasteiger partial charge in [-0.25, -0.2) is 4.79 Å². The zero-order valence-corrected chi connectivity index (χ0v) is 10.5. The van der Waals surface area contributed by atoms with Gasteiger partial charge in [-0.3, -0.25) is 0 Å². The van der Waals surface area contributed by atoms with Gasteiger partial charge in [-0.05, 0) is 24.4 Å². The summed E-state index contributed by atoms with van der Waals surface area (Å²) >= 11 is 1.53. The van der Waals surface area contributed by atoms with Crippen molar-refractivity contribution in [1.82, 2.24) is 0 Å². The zero-order valence-electron chi connectivity index (χ0n) is 9.68. The van der Waals surface area contributed by atoms with E-state index < -0.39 is 17.5 Å². The molecule has 1 aromatic heterocycles. The normalized spacial score (nSPS) is 16.6. The number of carbonyl (C=O) groups is 1. The Morgan fingerprint density at radius 1 is 1.41 bits per heavy atom. The van der Waals surface area contributed by atoms with Crippen LogP contribution in [0.25, 0.3) is 10.1 Å². The molecule has 0 aliphatic rings. The minimum atomic E-state index is -1.74. The van der Waals surface area contributed by atoms with Gasteiger partial charge < -0.3 is 10.2 Å². The van der Waals surface area contributed by atoms with E-state index in [4.69, 9.17) is 5.11 Å². The Bertz CT molecular complexity index is 524. The van der Waals surface area contributed by atoms with Crippen molar-refractivity contribution in [2.75, 3.05) is 0 Å². The SMILES string of the molecule is CC(c1cc2ccccc2s1)C(C)(O)C(=O)O. The molecule has 2 aromatic rings. The quantitative estimate of drug-likeness (QED) is 0.880. The summed E-state index contributed by atoms with van der Waals surface area (Å²) in [4.78, 5) is 11.9. The fourth-order valence-electron chi connectivity index (χ4n) is 1.68. The van der Waals surface area contributed by atoms with Gasteiger partial charge in [0.25, 0.3) is 0 Å². The third kappa shape index (κ3) is 2.06. The lowest BCUT2D eigenvalue weighted by Crippen LogP contribution is -2.39. The van der Waals surface area contributed by atoms with E-state index in [1.807, 2.05) is 30.3 Å². The third-order valence-electron chi connectivity index (χ3n) is 3.15. The highest BCUT2D eigenvalue weighted by molar-refractivity contribution is 7.19. The number of aliphatic carboxylic acids is 1. The Kier molecular flexibility index (Phi) is 2.93. The highest BCUT2D eigenvalue weighted by Crippen LogP contribution is 2.36. The Labute approximate surface area is 103 Å². The molecule has 2 N–H and O–H groups in total. The average molecular weight is 250 g/mol. The number of thiophene rings is 1. The van der Waals surface area contributed by atoms with E-state index in [1.165, 1.54) is 18.3 Å². The lowest BCUT2D eigenvalue weighted by molar-refractivity contribution is -0.158. The van der Waals surface area contributed by atoms with Gasteiger partial charge in [0.2, 0.25) is 0 Å². The lowest BCUT2D eigenvalue weighted by atomic mass is 9.89. The van der Waals surface area contributed by atoms with E-state index in [2.05, 4.69) is 0 Å². The zero-order chi connectivity index (χ0) is 12.6. The minimum absolute atomic E-state index is 0.433. The summed E-state index contributed by atoms with van der Waals surface area (Å²) < 4.78 is 1.11. The first kappa shape index (κ1) is 12.1. The molecular weight excluding hydrogens is 236 g/mol. The van der Waals surface area contributed by atoms with Crippen LogP contribution in [0, 0.1) is 0 Å². The van der Waals surface area contributed by atoms with E-state index in [0.29, 0.717) is 0 Å². The van der Waals surface area contributed by atoms with Crippen LogP contribution in [0.2, 0.25) is 0 Å². The molecule has 90 valence electrons. The van der Waals surface area contributed by atoms with E-state index in [9.17, 15) is 9.90 Å². The van der Waals surface area contributed by atoms with Crippen molar-refractivity contribution in [1.29, 1.82) is 0 Å². The molecule has 2 atom stereocenters. The van der Waals surface area contributed by atoms with Gasteiger partial charge in [-0.15, -0.1) is 11.3 Å². The molecule has 0 bridgehead atoms. The number of aliphatic hydroxyl groups is 1. The Morgan fingerprint density at radius 2 is 2.06 bits per heavy atom. The van der Waals surface area contributed by atoms with Crippen LogP contribution in [-0.4, -0.2) is 21.8 Å². The van der Waals surface area contributed by atoms with Crippen LogP contribution >= 0.6 is 11.3 Å². The molecule has 3 nitrogen and oxygen atoms in total. The number of benzene rings is 1. The van der Waals surface area contributed by atoms with Gasteiger partial charge in [-0.1, -0.05) is 25.1 Å². The number of rotatable bonds is 3. The van der Waals surface area contributed by atoms with Crippen LogP contribution in [0.3, 0.4) is 0 Å². The van der Waals surface area contributed by atoms with Gasteiger partial charge in [-0.2, -0.15) is 0 Å². The number of carboxylic acids is 1. The van der Waals surface area contributed by atoms with Crippen molar-refractivity contribution in [3.8, 4) is 0 Å². The molecular formula is C13H14O3S. The summed E-state index contributed by atoms with van der Waals surface area (Å²) in [6.45, 7) is 3.07. The fraction of sp³-hybridized carbons (Fsp3) is 0.308. The first-order valence-electron chi connectivity index (χ1n) is 5.37. The van der Waals surface area contributed by atoms with Crippen molar-refractivity contribution >= 4 is 27.4 Å². The molecule has 0 amide bonds. The highest BCUT2D eigenvalue weighted by atomic mass is 32.1. The minimum Gasteiger partial charge on any atom is -0.479 e. The van der Waals surface area contributed by atoms with Gasteiger partial charge in [0.05, 0.1) is 0 Å².